The first-order chi connectivity index (χ1) is 8.36. The van der Waals surface area contributed by atoms with Crippen molar-refractivity contribution in [3.8, 4) is 0 Å². The van der Waals surface area contributed by atoms with Gasteiger partial charge < -0.3 is 10.0 Å². The molecule has 1 saturated carbocycles. The van der Waals surface area contributed by atoms with E-state index in [-0.39, 0.29) is 6.10 Å². The van der Waals surface area contributed by atoms with Crippen LogP contribution in [-0.2, 0) is 0 Å². The Morgan fingerprint density at radius 3 is 2.39 bits per heavy atom. The van der Waals surface area contributed by atoms with E-state index in [9.17, 15) is 5.11 Å². The molecule has 1 N–H and O–H groups in total. The fraction of sp³-hybridized carbons (Fsp3) is 1.00. The number of rotatable bonds is 5. The standard InChI is InChI=1S/C16H33NO/c1-6-7-8-11-17(5)15-12-13(18)9-10-14(15)16(2,3)4/h13-15,18H,6-12H2,1-5H3. The summed E-state index contributed by atoms with van der Waals surface area (Å²) in [5, 5.41) is 9.96. The minimum Gasteiger partial charge on any atom is -0.393 e. The van der Waals surface area contributed by atoms with Gasteiger partial charge in [-0.2, -0.15) is 0 Å². The largest absolute Gasteiger partial charge is 0.393 e. The predicted octanol–water partition coefficient (Wildman–Crippen LogP) is 3.68. The summed E-state index contributed by atoms with van der Waals surface area (Å²) in [5.74, 6) is 0.715. The molecule has 1 aliphatic rings. The molecule has 0 aromatic rings. The molecule has 0 aromatic carbocycles. The Bertz CT molecular complexity index is 234. The fourth-order valence-corrected chi connectivity index (χ4v) is 3.40. The zero-order valence-electron chi connectivity index (χ0n) is 13.1. The van der Waals surface area contributed by atoms with E-state index in [2.05, 4.69) is 39.6 Å². The average Bonchev–Trinajstić information content (AvgIpc) is 2.27. The molecule has 0 amide bonds. The third kappa shape index (κ3) is 4.55. The second-order valence-electron chi connectivity index (χ2n) is 7.19. The number of hydrogen-bond donors (Lipinski definition) is 1. The maximum Gasteiger partial charge on any atom is 0.0555 e. The molecule has 0 bridgehead atoms. The molecule has 108 valence electrons. The van der Waals surface area contributed by atoms with Crippen LogP contribution < -0.4 is 0 Å². The van der Waals surface area contributed by atoms with Crippen LogP contribution in [0.25, 0.3) is 0 Å². The third-order valence-corrected chi connectivity index (χ3v) is 4.58. The Hall–Kier alpha value is -0.0800. The highest BCUT2D eigenvalue weighted by molar-refractivity contribution is 4.91. The fourth-order valence-electron chi connectivity index (χ4n) is 3.40. The highest BCUT2D eigenvalue weighted by atomic mass is 16.3. The minimum absolute atomic E-state index is 0.0813. The van der Waals surface area contributed by atoms with Gasteiger partial charge in [0, 0.05) is 6.04 Å². The van der Waals surface area contributed by atoms with Gasteiger partial charge in [0.05, 0.1) is 6.10 Å². The lowest BCUT2D eigenvalue weighted by atomic mass is 9.68. The van der Waals surface area contributed by atoms with Gasteiger partial charge in [0.25, 0.3) is 0 Å². The molecule has 3 atom stereocenters. The molecule has 0 spiro atoms. The summed E-state index contributed by atoms with van der Waals surface area (Å²) in [6.45, 7) is 10.5. The predicted molar refractivity (Wildman–Crippen MR) is 78.7 cm³/mol. The van der Waals surface area contributed by atoms with Crippen molar-refractivity contribution in [2.45, 2.75) is 78.4 Å². The lowest BCUT2D eigenvalue weighted by Gasteiger charge is -2.46. The van der Waals surface area contributed by atoms with Crippen molar-refractivity contribution >= 4 is 0 Å². The van der Waals surface area contributed by atoms with Crippen LogP contribution in [0.4, 0.5) is 0 Å². The third-order valence-electron chi connectivity index (χ3n) is 4.58. The molecule has 1 rings (SSSR count). The van der Waals surface area contributed by atoms with Gasteiger partial charge in [-0.05, 0) is 50.6 Å². The van der Waals surface area contributed by atoms with Crippen LogP contribution >= 0.6 is 0 Å². The Kier molecular flexibility index (Phi) is 6.13. The summed E-state index contributed by atoms with van der Waals surface area (Å²) in [6, 6.07) is 0.561. The van der Waals surface area contributed by atoms with Crippen LogP contribution in [0.1, 0.15) is 66.2 Å². The van der Waals surface area contributed by atoms with Crippen molar-refractivity contribution in [1.29, 1.82) is 0 Å². The monoisotopic (exact) mass is 255 g/mol. The Morgan fingerprint density at radius 1 is 1.17 bits per heavy atom. The first-order valence-electron chi connectivity index (χ1n) is 7.74. The molecule has 1 aliphatic carbocycles. The zero-order chi connectivity index (χ0) is 13.8. The molecule has 2 heteroatoms. The molecule has 18 heavy (non-hydrogen) atoms. The topological polar surface area (TPSA) is 23.5 Å². The summed E-state index contributed by atoms with van der Waals surface area (Å²) >= 11 is 0. The molecular weight excluding hydrogens is 222 g/mol. The second kappa shape index (κ2) is 6.91. The van der Waals surface area contributed by atoms with Gasteiger partial charge in [-0.1, -0.05) is 40.5 Å². The van der Waals surface area contributed by atoms with E-state index < -0.39 is 0 Å². The normalized spacial score (nSPS) is 29.8. The van der Waals surface area contributed by atoms with Crippen molar-refractivity contribution in [2.24, 2.45) is 11.3 Å². The number of nitrogens with zero attached hydrogens (tertiary/aromatic N) is 1. The molecule has 0 aliphatic heterocycles. The zero-order valence-corrected chi connectivity index (χ0v) is 13.1. The maximum absolute atomic E-state index is 9.96. The van der Waals surface area contributed by atoms with Crippen molar-refractivity contribution in [1.82, 2.24) is 4.90 Å². The Balaban J connectivity index is 2.60. The van der Waals surface area contributed by atoms with Gasteiger partial charge in [0.15, 0.2) is 0 Å². The summed E-state index contributed by atoms with van der Waals surface area (Å²) < 4.78 is 0. The molecule has 1 fully saturated rings. The van der Waals surface area contributed by atoms with Crippen molar-refractivity contribution in [3.63, 3.8) is 0 Å². The molecule has 0 saturated heterocycles. The first-order valence-corrected chi connectivity index (χ1v) is 7.74. The molecule has 0 radical (unpaired) electrons. The van der Waals surface area contributed by atoms with Crippen LogP contribution in [0.15, 0.2) is 0 Å². The lowest BCUT2D eigenvalue weighted by molar-refractivity contribution is -0.00254. The molecule has 3 unspecified atom stereocenters. The summed E-state index contributed by atoms with van der Waals surface area (Å²) in [6.07, 6.45) is 6.93. The van der Waals surface area contributed by atoms with Gasteiger partial charge in [-0.15, -0.1) is 0 Å². The number of hydrogen-bond acceptors (Lipinski definition) is 2. The van der Waals surface area contributed by atoms with Crippen molar-refractivity contribution in [2.75, 3.05) is 13.6 Å². The molecular formula is C16H33NO. The van der Waals surface area contributed by atoms with Crippen LogP contribution in [-0.4, -0.2) is 35.7 Å². The van der Waals surface area contributed by atoms with E-state index in [1.807, 2.05) is 0 Å². The highest BCUT2D eigenvalue weighted by Gasteiger charge is 2.38. The van der Waals surface area contributed by atoms with Gasteiger partial charge in [-0.25, -0.2) is 0 Å². The number of aliphatic hydroxyl groups is 1. The number of aliphatic hydroxyl groups excluding tert-OH is 1. The van der Waals surface area contributed by atoms with Gasteiger partial charge in [0.2, 0.25) is 0 Å². The smallest absolute Gasteiger partial charge is 0.0555 e. The maximum atomic E-state index is 9.96. The SMILES string of the molecule is CCCCCN(C)C1CC(O)CCC1C(C)(C)C. The molecule has 0 heterocycles. The second-order valence-corrected chi connectivity index (χ2v) is 7.19. The van der Waals surface area contributed by atoms with Crippen LogP contribution in [0.2, 0.25) is 0 Å². The minimum atomic E-state index is -0.0813. The quantitative estimate of drug-likeness (QED) is 0.757. The summed E-state index contributed by atoms with van der Waals surface area (Å²) in [5.41, 5.74) is 0.351. The van der Waals surface area contributed by atoms with E-state index in [0.29, 0.717) is 17.4 Å². The van der Waals surface area contributed by atoms with E-state index in [0.717, 1.165) is 12.8 Å². The van der Waals surface area contributed by atoms with E-state index in [4.69, 9.17) is 0 Å². The molecule has 0 aromatic heterocycles. The average molecular weight is 255 g/mol. The summed E-state index contributed by atoms with van der Waals surface area (Å²) in [7, 11) is 2.25. The van der Waals surface area contributed by atoms with Gasteiger partial charge >= 0.3 is 0 Å². The van der Waals surface area contributed by atoms with E-state index >= 15 is 0 Å². The molecule has 2 nitrogen and oxygen atoms in total. The number of unbranched alkanes of at least 4 members (excludes halogenated alkanes) is 2. The van der Waals surface area contributed by atoms with Crippen LogP contribution in [0.5, 0.6) is 0 Å². The Labute approximate surface area is 114 Å². The van der Waals surface area contributed by atoms with E-state index in [1.165, 1.54) is 32.2 Å². The van der Waals surface area contributed by atoms with Crippen LogP contribution in [0.3, 0.4) is 0 Å². The van der Waals surface area contributed by atoms with Crippen LogP contribution in [0, 0.1) is 11.3 Å². The van der Waals surface area contributed by atoms with Gasteiger partial charge in [-0.3, -0.25) is 0 Å². The van der Waals surface area contributed by atoms with Gasteiger partial charge in [0.1, 0.15) is 0 Å². The van der Waals surface area contributed by atoms with Crippen molar-refractivity contribution < 1.29 is 5.11 Å². The Morgan fingerprint density at radius 2 is 1.83 bits per heavy atom. The highest BCUT2D eigenvalue weighted by Crippen LogP contribution is 2.40. The summed E-state index contributed by atoms with van der Waals surface area (Å²) in [4.78, 5) is 2.51. The first kappa shape index (κ1) is 16.0. The lowest BCUT2D eigenvalue weighted by Crippen LogP contribution is -2.48. The van der Waals surface area contributed by atoms with Crippen molar-refractivity contribution in [3.05, 3.63) is 0 Å². The van der Waals surface area contributed by atoms with E-state index in [1.54, 1.807) is 0 Å².